The maximum absolute atomic E-state index is 5.59. The third kappa shape index (κ3) is 4.46. The summed E-state index contributed by atoms with van der Waals surface area (Å²) in [4.78, 5) is 9.90. The van der Waals surface area contributed by atoms with Crippen LogP contribution in [0.15, 0.2) is 42.6 Å². The van der Waals surface area contributed by atoms with Gasteiger partial charge in [-0.25, -0.2) is 4.98 Å². The molecule has 0 spiro atoms. The summed E-state index contributed by atoms with van der Waals surface area (Å²) in [6, 6.07) is 12.7. The molecule has 2 N–H and O–H groups in total. The topological polar surface area (TPSA) is 46.2 Å². The number of benzene rings is 1. The minimum atomic E-state index is 0.786. The lowest BCUT2D eigenvalue weighted by Crippen LogP contribution is -2.21. The van der Waals surface area contributed by atoms with Crippen molar-refractivity contribution in [2.45, 2.75) is 32.1 Å². The van der Waals surface area contributed by atoms with E-state index in [4.69, 9.17) is 4.84 Å². The van der Waals surface area contributed by atoms with E-state index in [1.807, 2.05) is 12.1 Å². The molecule has 0 atom stereocenters. The first kappa shape index (κ1) is 14.9. The number of anilines is 1. The van der Waals surface area contributed by atoms with Gasteiger partial charge in [0.25, 0.3) is 0 Å². The molecule has 0 saturated carbocycles. The predicted octanol–water partition coefficient (Wildman–Crippen LogP) is 3.35. The van der Waals surface area contributed by atoms with Crippen LogP contribution in [0, 0.1) is 0 Å². The molecule has 0 radical (unpaired) electrons. The molecule has 0 aliphatic carbocycles. The molecule has 4 bridgehead atoms. The van der Waals surface area contributed by atoms with E-state index in [0.717, 1.165) is 43.9 Å². The Labute approximate surface area is 131 Å². The van der Waals surface area contributed by atoms with Crippen LogP contribution in [-0.2, 0) is 12.8 Å². The number of nitrogens with zero attached hydrogens (tertiary/aromatic N) is 1. The normalized spacial score (nSPS) is 16.4. The molecule has 2 aromatic rings. The Bertz CT molecular complexity index is 547. The fourth-order valence-corrected chi connectivity index (χ4v) is 2.69. The summed E-state index contributed by atoms with van der Waals surface area (Å²) >= 11 is 0. The molecule has 1 aliphatic rings. The fraction of sp³-hybridized carbons (Fsp3) is 0.389. The first-order valence-electron chi connectivity index (χ1n) is 8.07. The average molecular weight is 297 g/mol. The van der Waals surface area contributed by atoms with Crippen LogP contribution in [0.5, 0.6) is 5.75 Å². The van der Waals surface area contributed by atoms with Gasteiger partial charge >= 0.3 is 0 Å². The first-order valence-corrected chi connectivity index (χ1v) is 8.07. The average Bonchev–Trinajstić information content (AvgIpc) is 2.55. The van der Waals surface area contributed by atoms with Gasteiger partial charge in [0.15, 0.2) is 5.75 Å². The lowest BCUT2D eigenvalue weighted by atomic mass is 10.0. The maximum Gasteiger partial charge on any atom is 0.152 e. The number of hydrogen-bond acceptors (Lipinski definition) is 4. The number of rotatable bonds is 0. The van der Waals surface area contributed by atoms with E-state index in [-0.39, 0.29) is 0 Å². The summed E-state index contributed by atoms with van der Waals surface area (Å²) in [5.41, 5.74) is 5.82. The smallest absolute Gasteiger partial charge is 0.152 e. The minimum absolute atomic E-state index is 0.786. The highest BCUT2D eigenvalue weighted by molar-refractivity contribution is 5.40. The zero-order chi connectivity index (χ0) is 15.0. The van der Waals surface area contributed by atoms with Crippen molar-refractivity contribution in [1.82, 2.24) is 10.5 Å². The monoisotopic (exact) mass is 297 g/mol. The third-order valence-electron chi connectivity index (χ3n) is 3.88. The Morgan fingerprint density at radius 3 is 2.77 bits per heavy atom. The lowest BCUT2D eigenvalue weighted by molar-refractivity contribution is 0.197. The van der Waals surface area contributed by atoms with E-state index in [1.54, 1.807) is 6.20 Å². The second-order valence-corrected chi connectivity index (χ2v) is 5.68. The molecule has 4 nitrogen and oxygen atoms in total. The number of hydroxylamine groups is 1. The zero-order valence-electron chi connectivity index (χ0n) is 12.8. The van der Waals surface area contributed by atoms with Crippen LogP contribution in [0.2, 0.25) is 0 Å². The van der Waals surface area contributed by atoms with Crippen LogP contribution in [0.25, 0.3) is 0 Å². The predicted molar refractivity (Wildman–Crippen MR) is 89.1 cm³/mol. The molecule has 0 amide bonds. The molecular formula is C18H23N3O. The van der Waals surface area contributed by atoms with Crippen molar-refractivity contribution in [2.24, 2.45) is 0 Å². The van der Waals surface area contributed by atoms with Crippen molar-refractivity contribution < 1.29 is 4.84 Å². The molecule has 4 heteroatoms. The van der Waals surface area contributed by atoms with Crippen molar-refractivity contribution in [3.8, 4) is 5.75 Å². The molecule has 1 aliphatic heterocycles. The summed E-state index contributed by atoms with van der Waals surface area (Å²) in [7, 11) is 0. The molecule has 22 heavy (non-hydrogen) atoms. The Hall–Kier alpha value is -2.07. The van der Waals surface area contributed by atoms with E-state index in [0.29, 0.717) is 0 Å². The number of hydrogen-bond donors (Lipinski definition) is 2. The van der Waals surface area contributed by atoms with Gasteiger partial charge in [0.05, 0.1) is 0 Å². The van der Waals surface area contributed by atoms with Crippen molar-refractivity contribution in [3.63, 3.8) is 0 Å². The van der Waals surface area contributed by atoms with E-state index >= 15 is 0 Å². The fourth-order valence-electron chi connectivity index (χ4n) is 2.69. The van der Waals surface area contributed by atoms with Crippen molar-refractivity contribution in [2.75, 3.05) is 18.4 Å². The second kappa shape index (κ2) is 7.80. The molecule has 116 valence electrons. The molecule has 1 aromatic carbocycles. The van der Waals surface area contributed by atoms with Crippen LogP contribution >= 0.6 is 0 Å². The van der Waals surface area contributed by atoms with Crippen LogP contribution in [0.3, 0.4) is 0 Å². The Kier molecular flexibility index (Phi) is 5.27. The van der Waals surface area contributed by atoms with Crippen molar-refractivity contribution in [3.05, 3.63) is 53.7 Å². The number of aryl methyl sites for hydroxylation is 1. The lowest BCUT2D eigenvalue weighted by Gasteiger charge is -2.11. The summed E-state index contributed by atoms with van der Waals surface area (Å²) in [6.45, 7) is 1.73. The van der Waals surface area contributed by atoms with E-state index in [9.17, 15) is 0 Å². The largest absolute Gasteiger partial charge is 0.409 e. The van der Waals surface area contributed by atoms with E-state index < -0.39 is 0 Å². The van der Waals surface area contributed by atoms with Crippen molar-refractivity contribution in [1.29, 1.82) is 0 Å². The highest BCUT2D eigenvalue weighted by atomic mass is 16.6. The first-order chi connectivity index (χ1) is 10.9. The van der Waals surface area contributed by atoms with Gasteiger partial charge in [-0.05, 0) is 36.8 Å². The van der Waals surface area contributed by atoms with Gasteiger partial charge in [-0.15, -0.1) is 0 Å². The number of pyridine rings is 1. The van der Waals surface area contributed by atoms with Crippen LogP contribution < -0.4 is 15.6 Å². The number of aromatic nitrogens is 1. The van der Waals surface area contributed by atoms with E-state index in [2.05, 4.69) is 40.0 Å². The Morgan fingerprint density at radius 2 is 1.82 bits per heavy atom. The second-order valence-electron chi connectivity index (χ2n) is 5.68. The van der Waals surface area contributed by atoms with Gasteiger partial charge < -0.3 is 10.2 Å². The quantitative estimate of drug-likeness (QED) is 0.783. The van der Waals surface area contributed by atoms with Crippen molar-refractivity contribution >= 4 is 5.82 Å². The molecule has 0 unspecified atom stereocenters. The summed E-state index contributed by atoms with van der Waals surface area (Å²) in [5, 5.41) is 3.35. The van der Waals surface area contributed by atoms with Crippen LogP contribution in [0.1, 0.15) is 30.4 Å². The molecule has 3 rings (SSSR count). The molecule has 0 saturated heterocycles. The van der Waals surface area contributed by atoms with Crippen LogP contribution in [0.4, 0.5) is 5.82 Å². The summed E-state index contributed by atoms with van der Waals surface area (Å²) in [6.07, 6.45) is 7.52. The summed E-state index contributed by atoms with van der Waals surface area (Å²) < 4.78 is 0. The third-order valence-corrected chi connectivity index (χ3v) is 3.88. The van der Waals surface area contributed by atoms with Gasteiger partial charge in [-0.2, -0.15) is 5.48 Å². The number of fused-ring (bicyclic) bond motifs is 4. The molecule has 2 heterocycles. The van der Waals surface area contributed by atoms with Gasteiger partial charge in [-0.1, -0.05) is 30.7 Å². The number of nitrogens with one attached hydrogen (secondary N) is 2. The molecule has 0 fully saturated rings. The minimum Gasteiger partial charge on any atom is -0.409 e. The molecule has 1 aromatic heterocycles. The standard InChI is InChI=1S/C18H23N3O/c1-2-5-15-6-4-7-16(13-15)8-12-21-22-17-9-11-20-18(14-17)19-10-3-1/h4,6-7,9,11,13-14,21H,1-3,5,8,10,12H2,(H,19,20). The van der Waals surface area contributed by atoms with E-state index in [1.165, 1.54) is 24.0 Å². The zero-order valence-corrected chi connectivity index (χ0v) is 12.8. The molecular weight excluding hydrogens is 274 g/mol. The highest BCUT2D eigenvalue weighted by Gasteiger charge is 2.01. The maximum atomic E-state index is 5.59. The van der Waals surface area contributed by atoms with Gasteiger partial charge in [0.2, 0.25) is 0 Å². The van der Waals surface area contributed by atoms with Crippen LogP contribution in [-0.4, -0.2) is 18.1 Å². The SMILES string of the molecule is c1cc2cc(c1)CCNOc1ccnc(c1)NCCCCC2. The summed E-state index contributed by atoms with van der Waals surface area (Å²) in [5.74, 6) is 1.66. The highest BCUT2D eigenvalue weighted by Crippen LogP contribution is 2.15. The van der Waals surface area contributed by atoms with Gasteiger partial charge in [-0.3, -0.25) is 0 Å². The Morgan fingerprint density at radius 1 is 0.909 bits per heavy atom. The van der Waals surface area contributed by atoms with Gasteiger partial charge in [0.1, 0.15) is 5.82 Å². The van der Waals surface area contributed by atoms with Gasteiger partial charge in [0, 0.05) is 31.4 Å². The Balaban J connectivity index is 1.66.